The monoisotopic (exact) mass is 424 g/mol. The third-order valence-corrected chi connectivity index (χ3v) is 7.06. The van der Waals surface area contributed by atoms with Gasteiger partial charge < -0.3 is 15.0 Å². The number of hydrogen-bond acceptors (Lipinski definition) is 4. The zero-order valence-electron chi connectivity index (χ0n) is 19.0. The van der Waals surface area contributed by atoms with Gasteiger partial charge in [0.1, 0.15) is 0 Å². The number of nitrogens with one attached hydrogen (secondary N) is 1. The van der Waals surface area contributed by atoms with E-state index in [2.05, 4.69) is 46.6 Å². The lowest BCUT2D eigenvalue weighted by Crippen LogP contribution is -2.47. The van der Waals surface area contributed by atoms with E-state index in [9.17, 15) is 4.79 Å². The van der Waals surface area contributed by atoms with E-state index in [1.165, 1.54) is 30.5 Å². The van der Waals surface area contributed by atoms with Gasteiger partial charge in [0, 0.05) is 38.2 Å². The van der Waals surface area contributed by atoms with Crippen molar-refractivity contribution in [3.8, 4) is 0 Å². The first kappa shape index (κ1) is 22.0. The number of rotatable bonds is 7. The Morgan fingerprint density at radius 3 is 2.87 bits per heavy atom. The maximum atomic E-state index is 13.4. The van der Waals surface area contributed by atoms with Gasteiger partial charge in [0.05, 0.1) is 12.0 Å². The van der Waals surface area contributed by atoms with Crippen LogP contribution in [0.25, 0.3) is 0 Å². The maximum absolute atomic E-state index is 13.4. The number of hydrogen-bond donors (Lipinski definition) is 1. The van der Waals surface area contributed by atoms with Crippen LogP contribution in [-0.4, -0.2) is 60.5 Å². The molecule has 6 heteroatoms. The normalized spacial score (nSPS) is 21.7. The molecule has 0 bridgehead atoms. The lowest BCUT2D eigenvalue weighted by atomic mass is 9.74. The molecule has 0 unspecified atom stereocenters. The lowest BCUT2D eigenvalue weighted by Gasteiger charge is -2.36. The van der Waals surface area contributed by atoms with Gasteiger partial charge in [-0.25, -0.2) is 0 Å². The molecule has 2 saturated heterocycles. The summed E-state index contributed by atoms with van der Waals surface area (Å²) in [6.07, 6.45) is 6.63. The summed E-state index contributed by atoms with van der Waals surface area (Å²) in [6.45, 7) is 6.94. The Morgan fingerprint density at radius 2 is 2.13 bits per heavy atom. The summed E-state index contributed by atoms with van der Waals surface area (Å²) < 4.78 is 7.55. The summed E-state index contributed by atoms with van der Waals surface area (Å²) in [5.41, 5.74) is 3.41. The minimum absolute atomic E-state index is 0.156. The van der Waals surface area contributed by atoms with Crippen molar-refractivity contribution < 1.29 is 9.53 Å². The molecule has 2 aromatic rings. The molecule has 0 saturated carbocycles. The van der Waals surface area contributed by atoms with Crippen LogP contribution < -0.4 is 5.32 Å². The maximum Gasteiger partial charge on any atom is 0.226 e. The molecule has 0 spiro atoms. The Balaban J connectivity index is 1.44. The highest BCUT2D eigenvalue weighted by molar-refractivity contribution is 5.83. The van der Waals surface area contributed by atoms with E-state index in [-0.39, 0.29) is 11.3 Å². The number of carbonyl (C=O) groups excluding carboxylic acids is 1. The van der Waals surface area contributed by atoms with E-state index >= 15 is 0 Å². The topological polar surface area (TPSA) is 59.4 Å². The van der Waals surface area contributed by atoms with Crippen LogP contribution in [-0.2, 0) is 22.5 Å². The van der Waals surface area contributed by atoms with Crippen LogP contribution in [0.4, 0.5) is 0 Å². The predicted octanol–water partition coefficient (Wildman–Crippen LogP) is 3.16. The molecule has 3 heterocycles. The molecule has 0 aliphatic carbocycles. The zero-order chi connectivity index (χ0) is 21.7. The molecule has 4 rings (SSSR count). The molecule has 6 nitrogen and oxygen atoms in total. The van der Waals surface area contributed by atoms with E-state index in [1.807, 2.05) is 17.7 Å². The number of amides is 1. The third-order valence-electron chi connectivity index (χ3n) is 7.06. The van der Waals surface area contributed by atoms with Crippen LogP contribution in [0.5, 0.6) is 0 Å². The smallest absolute Gasteiger partial charge is 0.226 e. The van der Waals surface area contributed by atoms with Crippen LogP contribution >= 0.6 is 0 Å². The average molecular weight is 425 g/mol. The van der Waals surface area contributed by atoms with E-state index in [0.717, 1.165) is 31.5 Å². The van der Waals surface area contributed by atoms with E-state index < -0.39 is 0 Å². The molecule has 2 fully saturated rings. The minimum atomic E-state index is -0.389. The number of carbonyl (C=O) groups is 1. The number of piperidine rings is 1. The van der Waals surface area contributed by atoms with Crippen molar-refractivity contribution in [1.82, 2.24) is 20.0 Å². The van der Waals surface area contributed by atoms with Crippen LogP contribution in [0.1, 0.15) is 48.4 Å². The molecule has 1 amide bonds. The second kappa shape index (κ2) is 9.96. The number of benzene rings is 1. The fourth-order valence-electron chi connectivity index (χ4n) is 5.13. The highest BCUT2D eigenvalue weighted by atomic mass is 16.5. The minimum Gasteiger partial charge on any atom is -0.381 e. The summed E-state index contributed by atoms with van der Waals surface area (Å²) >= 11 is 0. The molecule has 168 valence electrons. The van der Waals surface area contributed by atoms with Gasteiger partial charge in [-0.15, -0.1) is 0 Å². The molecule has 1 aromatic carbocycles. The van der Waals surface area contributed by atoms with E-state index in [4.69, 9.17) is 4.74 Å². The number of likely N-dealkylation sites (N-methyl/N-ethyl adjacent to an activating group) is 1. The third kappa shape index (κ3) is 5.36. The van der Waals surface area contributed by atoms with Gasteiger partial charge in [-0.3, -0.25) is 9.48 Å². The Labute approximate surface area is 186 Å². The van der Waals surface area contributed by atoms with E-state index in [0.29, 0.717) is 32.2 Å². The Hall–Kier alpha value is -2.18. The highest BCUT2D eigenvalue weighted by Crippen LogP contribution is 2.36. The number of aryl methyl sites for hydroxylation is 1. The van der Waals surface area contributed by atoms with Crippen LogP contribution in [0.2, 0.25) is 0 Å². The summed E-state index contributed by atoms with van der Waals surface area (Å²) in [5, 5.41) is 7.51. The number of ether oxygens (including phenoxy) is 1. The first-order valence-corrected chi connectivity index (χ1v) is 11.7. The van der Waals surface area contributed by atoms with Crippen LogP contribution in [0, 0.1) is 12.3 Å². The Kier molecular flexibility index (Phi) is 7.08. The van der Waals surface area contributed by atoms with Gasteiger partial charge in [-0.2, -0.15) is 5.10 Å². The van der Waals surface area contributed by atoms with Gasteiger partial charge in [0.15, 0.2) is 0 Å². The van der Waals surface area contributed by atoms with Crippen LogP contribution in [0.3, 0.4) is 0 Å². The molecule has 2 aliphatic heterocycles. The molecule has 2 aliphatic rings. The number of likely N-dealkylation sites (tertiary alicyclic amines) is 1. The molecular formula is C25H36N4O2. The van der Waals surface area contributed by atoms with Crippen molar-refractivity contribution in [1.29, 1.82) is 0 Å². The standard InChI is InChI=1S/C25H36N4O2/c1-20-8-11-27-29(20)14-12-26-24(30)25(9-15-31-16-10-25)18-21-5-3-6-22(17-21)23-7-4-13-28(2)19-23/h3,5-6,8,11,17,23H,4,7,9-10,12-16,18-19H2,1-2H3,(H,26,30)/t23-/m1/s1. The molecule has 31 heavy (non-hydrogen) atoms. The summed E-state index contributed by atoms with van der Waals surface area (Å²) in [6, 6.07) is 11.0. The predicted molar refractivity (Wildman–Crippen MR) is 122 cm³/mol. The summed E-state index contributed by atoms with van der Waals surface area (Å²) in [7, 11) is 2.21. The molecule has 1 atom stereocenters. The average Bonchev–Trinajstić information content (AvgIpc) is 3.19. The SMILES string of the molecule is Cc1ccnn1CCNC(=O)C1(Cc2cccc([C@@H]3CCCN(C)C3)c2)CCOCC1. The quantitative estimate of drug-likeness (QED) is 0.742. The summed E-state index contributed by atoms with van der Waals surface area (Å²) in [4.78, 5) is 15.8. The number of nitrogens with zero attached hydrogens (tertiary/aromatic N) is 3. The van der Waals surface area contributed by atoms with Crippen LogP contribution in [0.15, 0.2) is 36.5 Å². The Bertz CT molecular complexity index is 872. The first-order chi connectivity index (χ1) is 15.1. The van der Waals surface area contributed by atoms with Gasteiger partial charge >= 0.3 is 0 Å². The van der Waals surface area contributed by atoms with Crippen molar-refractivity contribution in [2.75, 3.05) is 39.9 Å². The van der Waals surface area contributed by atoms with Gasteiger partial charge in [0.2, 0.25) is 5.91 Å². The fraction of sp³-hybridized carbons (Fsp3) is 0.600. The number of aromatic nitrogens is 2. The summed E-state index contributed by atoms with van der Waals surface area (Å²) in [5.74, 6) is 0.749. The van der Waals surface area contributed by atoms with Gasteiger partial charge in [-0.1, -0.05) is 24.3 Å². The largest absolute Gasteiger partial charge is 0.381 e. The fourth-order valence-corrected chi connectivity index (χ4v) is 5.13. The molecule has 0 radical (unpaired) electrons. The Morgan fingerprint density at radius 1 is 1.29 bits per heavy atom. The zero-order valence-corrected chi connectivity index (χ0v) is 19.0. The molecular weight excluding hydrogens is 388 g/mol. The molecule has 1 N–H and O–H groups in total. The van der Waals surface area contributed by atoms with Crippen molar-refractivity contribution in [2.24, 2.45) is 5.41 Å². The first-order valence-electron chi connectivity index (χ1n) is 11.7. The highest BCUT2D eigenvalue weighted by Gasteiger charge is 2.40. The second-order valence-corrected chi connectivity index (χ2v) is 9.37. The van der Waals surface area contributed by atoms with Crippen molar-refractivity contribution in [3.63, 3.8) is 0 Å². The second-order valence-electron chi connectivity index (χ2n) is 9.37. The van der Waals surface area contributed by atoms with Crippen molar-refractivity contribution >= 4 is 5.91 Å². The lowest BCUT2D eigenvalue weighted by molar-refractivity contribution is -0.136. The van der Waals surface area contributed by atoms with E-state index in [1.54, 1.807) is 6.20 Å². The van der Waals surface area contributed by atoms with Gasteiger partial charge in [-0.05, 0) is 75.7 Å². The molecule has 1 aromatic heterocycles. The van der Waals surface area contributed by atoms with Crippen molar-refractivity contribution in [2.45, 2.75) is 51.5 Å². The van der Waals surface area contributed by atoms with Crippen molar-refractivity contribution in [3.05, 3.63) is 53.3 Å². The van der Waals surface area contributed by atoms with Gasteiger partial charge in [0.25, 0.3) is 0 Å².